The molecule has 0 saturated carbocycles. The van der Waals surface area contributed by atoms with Crippen molar-refractivity contribution in [3.8, 4) is 0 Å². The van der Waals surface area contributed by atoms with Gasteiger partial charge in [-0.25, -0.2) is 0 Å². The van der Waals surface area contributed by atoms with Gasteiger partial charge in [0, 0.05) is 30.7 Å². The molecule has 0 aromatic heterocycles. The molecule has 1 aliphatic heterocycles. The predicted octanol–water partition coefficient (Wildman–Crippen LogP) is 1.56. The van der Waals surface area contributed by atoms with Gasteiger partial charge in [-0.15, -0.1) is 0 Å². The number of carbonyl (C=O) groups is 2. The van der Waals surface area contributed by atoms with E-state index in [1.54, 1.807) is 11.0 Å². The van der Waals surface area contributed by atoms with Crippen LogP contribution in [-0.2, 0) is 23.8 Å². The smallest absolute Gasteiger partial charge is 0.251 e. The fraction of sp³-hybridized carbons (Fsp3) is 0.647. The summed E-state index contributed by atoms with van der Waals surface area (Å²) in [6.45, 7) is 10.8. The Morgan fingerprint density at radius 3 is 2.13 bits per heavy atom. The van der Waals surface area contributed by atoms with E-state index in [0.717, 1.165) is 0 Å². The lowest BCUT2D eigenvalue weighted by Gasteiger charge is -2.16. The second-order valence-corrected chi connectivity index (χ2v) is 5.52. The van der Waals surface area contributed by atoms with Gasteiger partial charge in [0.15, 0.2) is 0 Å². The number of allylic oxidation sites excluding steroid dienone is 1. The Balaban J connectivity index is 1.84. The van der Waals surface area contributed by atoms with Gasteiger partial charge in [0.25, 0.3) is 5.91 Å². The van der Waals surface area contributed by atoms with Gasteiger partial charge in [-0.2, -0.15) is 0 Å². The Kier molecular flexibility index (Phi) is 9.43. The Labute approximate surface area is 138 Å². The second-order valence-electron chi connectivity index (χ2n) is 5.52. The zero-order valence-electron chi connectivity index (χ0n) is 14.1. The first-order valence-electron chi connectivity index (χ1n) is 7.96. The van der Waals surface area contributed by atoms with Crippen molar-refractivity contribution in [1.29, 1.82) is 0 Å². The molecule has 23 heavy (non-hydrogen) atoms. The van der Waals surface area contributed by atoms with Crippen LogP contribution in [0.15, 0.2) is 24.4 Å². The highest BCUT2D eigenvalue weighted by Gasteiger charge is 2.17. The van der Waals surface area contributed by atoms with Crippen LogP contribution in [0.5, 0.6) is 0 Å². The summed E-state index contributed by atoms with van der Waals surface area (Å²) in [5.74, 6) is 0.229. The largest absolute Gasteiger partial charge is 0.379 e. The van der Waals surface area contributed by atoms with Gasteiger partial charge < -0.3 is 19.1 Å². The molecule has 0 aromatic carbocycles. The number of amides is 1. The summed E-state index contributed by atoms with van der Waals surface area (Å²) in [7, 11) is 0. The molecule has 0 N–H and O–H groups in total. The summed E-state index contributed by atoms with van der Waals surface area (Å²) in [6.07, 6.45) is 3.65. The predicted molar refractivity (Wildman–Crippen MR) is 86.9 cm³/mol. The van der Waals surface area contributed by atoms with Crippen LogP contribution in [0.4, 0.5) is 0 Å². The van der Waals surface area contributed by atoms with E-state index in [1.807, 2.05) is 13.8 Å². The van der Waals surface area contributed by atoms with E-state index in [1.165, 1.54) is 6.08 Å². The second kappa shape index (κ2) is 11.1. The van der Waals surface area contributed by atoms with Crippen LogP contribution in [0.3, 0.4) is 0 Å². The lowest BCUT2D eigenvalue weighted by molar-refractivity contribution is -0.124. The zero-order chi connectivity index (χ0) is 17.1. The molecule has 0 aliphatic carbocycles. The first-order valence-corrected chi connectivity index (χ1v) is 7.96. The minimum absolute atomic E-state index is 0.0528. The molecule has 0 spiro atoms. The molecule has 1 amide bonds. The van der Waals surface area contributed by atoms with Crippen molar-refractivity contribution >= 4 is 11.7 Å². The van der Waals surface area contributed by atoms with Crippen LogP contribution in [0.25, 0.3) is 0 Å². The highest BCUT2D eigenvalue weighted by atomic mass is 16.5. The van der Waals surface area contributed by atoms with Gasteiger partial charge in [-0.3, -0.25) is 9.59 Å². The topological polar surface area (TPSA) is 65.1 Å². The molecule has 6 heteroatoms. The number of nitrogens with zero attached hydrogens (tertiary/aromatic N) is 1. The highest BCUT2D eigenvalue weighted by molar-refractivity contribution is 5.92. The molecule has 0 atom stereocenters. The highest BCUT2D eigenvalue weighted by Crippen LogP contribution is 2.11. The van der Waals surface area contributed by atoms with E-state index in [2.05, 4.69) is 6.58 Å². The van der Waals surface area contributed by atoms with E-state index in [0.29, 0.717) is 58.3 Å². The average Bonchev–Trinajstić information content (AvgIpc) is 2.83. The van der Waals surface area contributed by atoms with Gasteiger partial charge in [0.05, 0.1) is 39.6 Å². The molecular weight excluding hydrogens is 298 g/mol. The number of ether oxygens (including phenoxy) is 3. The summed E-state index contributed by atoms with van der Waals surface area (Å²) in [4.78, 5) is 24.3. The van der Waals surface area contributed by atoms with Gasteiger partial charge in [0.1, 0.15) is 5.78 Å². The lowest BCUT2D eigenvalue weighted by Crippen LogP contribution is -2.28. The maximum absolute atomic E-state index is 11.4. The number of Topliss-reactive ketones (excluding diaryl/α,β-unsaturated/α-hetero) is 1. The van der Waals surface area contributed by atoms with Crippen molar-refractivity contribution in [2.75, 3.05) is 46.2 Å². The first-order chi connectivity index (χ1) is 11.0. The zero-order valence-corrected chi connectivity index (χ0v) is 14.1. The van der Waals surface area contributed by atoms with Gasteiger partial charge in [-0.05, 0) is 6.08 Å². The third kappa shape index (κ3) is 8.06. The minimum Gasteiger partial charge on any atom is -0.379 e. The van der Waals surface area contributed by atoms with E-state index in [-0.39, 0.29) is 17.6 Å². The van der Waals surface area contributed by atoms with Crippen molar-refractivity contribution in [1.82, 2.24) is 4.90 Å². The molecule has 1 heterocycles. The summed E-state index contributed by atoms with van der Waals surface area (Å²) < 4.78 is 16.1. The first kappa shape index (κ1) is 19.5. The van der Waals surface area contributed by atoms with E-state index in [9.17, 15) is 9.59 Å². The quantitative estimate of drug-likeness (QED) is 0.481. The SMILES string of the molecule is C=C1C=CC(=O)N1CCOCCOCCOCCC(=O)C(C)C. The van der Waals surface area contributed by atoms with Crippen LogP contribution >= 0.6 is 0 Å². The number of hydrogen-bond donors (Lipinski definition) is 0. The standard InChI is InChI=1S/C17H27NO5/c1-14(2)16(19)6-8-21-10-12-23-13-11-22-9-7-18-15(3)4-5-17(18)20/h4-5,14H,3,6-13H2,1-2H3. The van der Waals surface area contributed by atoms with Crippen LogP contribution < -0.4 is 0 Å². The Morgan fingerprint density at radius 1 is 1.04 bits per heavy atom. The third-order valence-corrected chi connectivity index (χ3v) is 3.37. The minimum atomic E-state index is -0.0528. The van der Waals surface area contributed by atoms with Crippen molar-refractivity contribution in [3.05, 3.63) is 24.4 Å². The molecule has 130 valence electrons. The molecule has 0 saturated heterocycles. The fourth-order valence-corrected chi connectivity index (χ4v) is 1.90. The molecule has 0 fully saturated rings. The summed E-state index contributed by atoms with van der Waals surface area (Å²) in [5, 5.41) is 0. The lowest BCUT2D eigenvalue weighted by atomic mass is 10.1. The number of carbonyl (C=O) groups excluding carboxylic acids is 2. The summed E-state index contributed by atoms with van der Waals surface area (Å²) >= 11 is 0. The Bertz CT molecular complexity index is 413. The fourth-order valence-electron chi connectivity index (χ4n) is 1.90. The van der Waals surface area contributed by atoms with Crippen molar-refractivity contribution in [2.45, 2.75) is 20.3 Å². The van der Waals surface area contributed by atoms with Crippen molar-refractivity contribution < 1.29 is 23.8 Å². The van der Waals surface area contributed by atoms with Gasteiger partial charge in [-0.1, -0.05) is 20.4 Å². The van der Waals surface area contributed by atoms with Crippen LogP contribution in [-0.4, -0.2) is 62.8 Å². The maximum atomic E-state index is 11.4. The molecule has 1 aliphatic rings. The van der Waals surface area contributed by atoms with E-state index >= 15 is 0 Å². The Morgan fingerprint density at radius 2 is 1.61 bits per heavy atom. The van der Waals surface area contributed by atoms with Crippen molar-refractivity contribution in [3.63, 3.8) is 0 Å². The number of rotatable bonds is 13. The molecule has 0 bridgehead atoms. The summed E-state index contributed by atoms with van der Waals surface area (Å²) in [5.41, 5.74) is 0.697. The van der Waals surface area contributed by atoms with E-state index in [4.69, 9.17) is 14.2 Å². The van der Waals surface area contributed by atoms with Gasteiger partial charge in [0.2, 0.25) is 0 Å². The van der Waals surface area contributed by atoms with Gasteiger partial charge >= 0.3 is 0 Å². The molecule has 0 radical (unpaired) electrons. The van der Waals surface area contributed by atoms with Crippen LogP contribution in [0.1, 0.15) is 20.3 Å². The summed E-state index contributed by atoms with van der Waals surface area (Å²) in [6, 6.07) is 0. The molecular formula is C17H27NO5. The van der Waals surface area contributed by atoms with Crippen LogP contribution in [0, 0.1) is 5.92 Å². The molecule has 0 unspecified atom stereocenters. The normalized spacial score (nSPS) is 14.3. The van der Waals surface area contributed by atoms with Crippen molar-refractivity contribution in [2.24, 2.45) is 5.92 Å². The molecule has 0 aromatic rings. The maximum Gasteiger partial charge on any atom is 0.251 e. The average molecular weight is 325 g/mol. The number of ketones is 1. The van der Waals surface area contributed by atoms with Crippen LogP contribution in [0.2, 0.25) is 0 Å². The number of hydrogen-bond acceptors (Lipinski definition) is 5. The molecule has 1 rings (SSSR count). The van der Waals surface area contributed by atoms with E-state index < -0.39 is 0 Å². The third-order valence-electron chi connectivity index (χ3n) is 3.37. The molecule has 6 nitrogen and oxygen atoms in total. The monoisotopic (exact) mass is 325 g/mol. The Hall–Kier alpha value is -1.50.